The Hall–Kier alpha value is -3.95. The van der Waals surface area contributed by atoms with E-state index in [2.05, 4.69) is 25.4 Å². The van der Waals surface area contributed by atoms with Gasteiger partial charge in [-0.15, -0.1) is 11.3 Å². The number of nitrogens with zero attached hydrogens (tertiary/aromatic N) is 4. The van der Waals surface area contributed by atoms with Gasteiger partial charge in [-0.2, -0.15) is 4.98 Å². The molecule has 0 fully saturated rings. The van der Waals surface area contributed by atoms with Gasteiger partial charge in [0.25, 0.3) is 5.89 Å². The summed E-state index contributed by atoms with van der Waals surface area (Å²) in [4.78, 5) is 13.7. The van der Waals surface area contributed by atoms with Crippen LogP contribution in [0.25, 0.3) is 32.9 Å². The van der Waals surface area contributed by atoms with Gasteiger partial charge in [0.1, 0.15) is 21.4 Å². The maximum absolute atomic E-state index is 6.11. The normalized spacial score (nSPS) is 10.9. The van der Waals surface area contributed by atoms with Crippen LogP contribution in [0.15, 0.2) is 71.4 Å². The van der Waals surface area contributed by atoms with Gasteiger partial charge in [-0.05, 0) is 42.5 Å². The highest BCUT2D eigenvalue weighted by Crippen LogP contribution is 2.38. The highest BCUT2D eigenvalue weighted by atomic mass is 35.5. The molecular weight excluding hydrogens is 446 g/mol. The molecule has 0 spiro atoms. The third kappa shape index (κ3) is 3.98. The third-order valence-corrected chi connectivity index (χ3v) is 5.85. The molecule has 0 amide bonds. The number of nitrogens with two attached hydrogens (primary N) is 2. The summed E-state index contributed by atoms with van der Waals surface area (Å²) in [7, 11) is 0. The molecule has 32 heavy (non-hydrogen) atoms. The van der Waals surface area contributed by atoms with Crippen LogP contribution in [0.2, 0.25) is 5.02 Å². The predicted octanol–water partition coefficient (Wildman–Crippen LogP) is 5.48. The van der Waals surface area contributed by atoms with Crippen molar-refractivity contribution < 1.29 is 4.52 Å². The highest BCUT2D eigenvalue weighted by molar-refractivity contribution is 7.18. The van der Waals surface area contributed by atoms with Crippen molar-refractivity contribution >= 4 is 45.8 Å². The van der Waals surface area contributed by atoms with Crippen LogP contribution in [0.3, 0.4) is 0 Å². The third-order valence-electron chi connectivity index (χ3n) is 4.55. The zero-order chi connectivity index (χ0) is 22.1. The van der Waals surface area contributed by atoms with Gasteiger partial charge in [0, 0.05) is 28.2 Å². The first-order valence-electron chi connectivity index (χ1n) is 9.51. The molecule has 0 atom stereocenters. The Bertz CT molecular complexity index is 1410. The van der Waals surface area contributed by atoms with Crippen LogP contribution < -0.4 is 16.8 Å². The Morgan fingerprint density at radius 2 is 1.75 bits per heavy atom. The molecule has 0 bridgehead atoms. The van der Waals surface area contributed by atoms with Gasteiger partial charge in [-0.3, -0.25) is 4.98 Å². The molecule has 3 heterocycles. The van der Waals surface area contributed by atoms with Gasteiger partial charge in [0.2, 0.25) is 5.82 Å². The maximum Gasteiger partial charge on any atom is 0.272 e. The molecule has 0 saturated heterocycles. The van der Waals surface area contributed by atoms with E-state index in [1.54, 1.807) is 18.3 Å². The van der Waals surface area contributed by atoms with Crippen LogP contribution in [-0.2, 0) is 0 Å². The number of halogens is 1. The van der Waals surface area contributed by atoms with Crippen molar-refractivity contribution in [3.05, 3.63) is 71.9 Å². The molecule has 2 aromatic carbocycles. The van der Waals surface area contributed by atoms with E-state index in [0.717, 1.165) is 16.9 Å². The predicted molar refractivity (Wildman–Crippen MR) is 128 cm³/mol. The van der Waals surface area contributed by atoms with E-state index in [1.165, 1.54) is 11.3 Å². The Kier molecular flexibility index (Phi) is 5.18. The molecule has 0 aliphatic carbocycles. The van der Waals surface area contributed by atoms with Gasteiger partial charge < -0.3 is 21.3 Å². The van der Waals surface area contributed by atoms with Crippen molar-refractivity contribution in [3.8, 4) is 32.9 Å². The lowest BCUT2D eigenvalue weighted by Gasteiger charge is -2.07. The summed E-state index contributed by atoms with van der Waals surface area (Å²) in [6, 6.07) is 18.7. The lowest BCUT2D eigenvalue weighted by atomic mass is 10.2. The molecule has 158 valence electrons. The summed E-state index contributed by atoms with van der Waals surface area (Å²) in [5.41, 5.74) is 15.7. The Morgan fingerprint density at radius 1 is 0.938 bits per heavy atom. The van der Waals surface area contributed by atoms with Crippen LogP contribution >= 0.6 is 22.9 Å². The number of pyridine rings is 1. The molecule has 0 aliphatic rings. The average Bonchev–Trinajstić information content (AvgIpc) is 3.41. The first-order chi connectivity index (χ1) is 15.6. The second-order valence-corrected chi connectivity index (χ2v) is 8.25. The molecule has 0 saturated carbocycles. The fourth-order valence-electron chi connectivity index (χ4n) is 3.08. The van der Waals surface area contributed by atoms with Crippen molar-refractivity contribution in [2.45, 2.75) is 0 Å². The van der Waals surface area contributed by atoms with Crippen LogP contribution in [0.5, 0.6) is 0 Å². The van der Waals surface area contributed by atoms with Crippen LogP contribution in [0.4, 0.5) is 22.9 Å². The summed E-state index contributed by atoms with van der Waals surface area (Å²) in [6.07, 6.45) is 1.65. The highest BCUT2D eigenvalue weighted by Gasteiger charge is 2.20. The van der Waals surface area contributed by atoms with E-state index in [1.807, 2.05) is 48.5 Å². The average molecular weight is 462 g/mol. The Balaban J connectivity index is 1.43. The lowest BCUT2D eigenvalue weighted by molar-refractivity contribution is 0.433. The Morgan fingerprint density at radius 3 is 2.56 bits per heavy atom. The number of benzene rings is 2. The first kappa shape index (κ1) is 20.0. The van der Waals surface area contributed by atoms with Gasteiger partial charge in [-0.25, -0.2) is 4.98 Å². The quantitative estimate of drug-likeness (QED) is 0.313. The van der Waals surface area contributed by atoms with E-state index >= 15 is 0 Å². The van der Waals surface area contributed by atoms with Gasteiger partial charge in [0.15, 0.2) is 0 Å². The van der Waals surface area contributed by atoms with E-state index in [0.29, 0.717) is 32.1 Å². The summed E-state index contributed by atoms with van der Waals surface area (Å²) >= 11 is 7.36. The Labute approximate surface area is 191 Å². The largest absolute Gasteiger partial charge is 0.397 e. The van der Waals surface area contributed by atoms with E-state index in [9.17, 15) is 0 Å². The SMILES string of the molecule is Nc1cccnc1-c1nc(N)c(-c2nc(-c3cccc(Nc4cccc(Cl)c4)c3)no2)s1. The smallest absolute Gasteiger partial charge is 0.272 e. The number of nitrogens with one attached hydrogen (secondary N) is 1. The van der Waals surface area contributed by atoms with Gasteiger partial charge in [-0.1, -0.05) is 35.0 Å². The fraction of sp³-hybridized carbons (Fsp3) is 0. The number of thiazole rings is 1. The minimum absolute atomic E-state index is 0.279. The standard InChI is InChI=1S/C22H16ClN7OS/c23-13-5-2-7-15(11-13)27-14-6-1-4-12(10-14)20-29-21(31-30-20)18-19(25)28-22(32-18)17-16(24)8-3-9-26-17/h1-11,27H,24-25H2. The van der Waals surface area contributed by atoms with Crippen LogP contribution in [0, 0.1) is 0 Å². The summed E-state index contributed by atoms with van der Waals surface area (Å²) in [6.45, 7) is 0. The van der Waals surface area contributed by atoms with E-state index in [-0.39, 0.29) is 11.7 Å². The maximum atomic E-state index is 6.11. The van der Waals surface area contributed by atoms with Crippen molar-refractivity contribution in [2.24, 2.45) is 0 Å². The van der Waals surface area contributed by atoms with Gasteiger partial charge >= 0.3 is 0 Å². The topological polar surface area (TPSA) is 129 Å². The van der Waals surface area contributed by atoms with Gasteiger partial charge in [0.05, 0.1) is 5.69 Å². The molecule has 0 aliphatic heterocycles. The van der Waals surface area contributed by atoms with Crippen molar-refractivity contribution in [3.63, 3.8) is 0 Å². The molecule has 3 aromatic heterocycles. The second kappa shape index (κ2) is 8.29. The minimum Gasteiger partial charge on any atom is -0.397 e. The zero-order valence-corrected chi connectivity index (χ0v) is 18.1. The minimum atomic E-state index is 0.279. The number of hydrogen-bond donors (Lipinski definition) is 3. The summed E-state index contributed by atoms with van der Waals surface area (Å²) in [5.74, 6) is 0.993. The van der Waals surface area contributed by atoms with Crippen molar-refractivity contribution in [1.82, 2.24) is 20.1 Å². The molecule has 8 nitrogen and oxygen atoms in total. The molecule has 5 aromatic rings. The van der Waals surface area contributed by atoms with Crippen LogP contribution in [-0.4, -0.2) is 20.1 Å². The number of hydrogen-bond acceptors (Lipinski definition) is 9. The molecule has 10 heteroatoms. The van der Waals surface area contributed by atoms with Crippen molar-refractivity contribution in [1.29, 1.82) is 0 Å². The van der Waals surface area contributed by atoms with E-state index in [4.69, 9.17) is 27.6 Å². The lowest BCUT2D eigenvalue weighted by Crippen LogP contribution is -1.92. The second-order valence-electron chi connectivity index (χ2n) is 6.81. The van der Waals surface area contributed by atoms with E-state index < -0.39 is 0 Å². The zero-order valence-electron chi connectivity index (χ0n) is 16.5. The summed E-state index contributed by atoms with van der Waals surface area (Å²) < 4.78 is 5.48. The molecule has 5 rings (SSSR count). The molecular formula is C22H16ClN7OS. The number of anilines is 4. The first-order valence-corrected chi connectivity index (χ1v) is 10.7. The van der Waals surface area contributed by atoms with Crippen LogP contribution in [0.1, 0.15) is 0 Å². The fourth-order valence-corrected chi connectivity index (χ4v) is 4.20. The summed E-state index contributed by atoms with van der Waals surface area (Å²) in [5, 5.41) is 8.67. The molecule has 5 N–H and O–H groups in total. The van der Waals surface area contributed by atoms with Crippen molar-refractivity contribution in [2.75, 3.05) is 16.8 Å². The number of nitrogen functional groups attached to an aromatic ring is 2. The molecule has 0 unspecified atom stereocenters. The number of aromatic nitrogens is 4. The molecule has 0 radical (unpaired) electrons. The number of rotatable bonds is 5. The monoisotopic (exact) mass is 461 g/mol.